The van der Waals surface area contributed by atoms with Gasteiger partial charge in [0.25, 0.3) is 5.91 Å². The molecular weight excluding hydrogens is 336 g/mol. The number of amides is 1. The highest BCUT2D eigenvalue weighted by molar-refractivity contribution is 5.93. The van der Waals surface area contributed by atoms with Gasteiger partial charge >= 0.3 is 0 Å². The molecule has 0 spiro atoms. The minimum absolute atomic E-state index is 0.0163. The lowest BCUT2D eigenvalue weighted by Crippen LogP contribution is -2.33. The summed E-state index contributed by atoms with van der Waals surface area (Å²) in [4.78, 5) is 26.9. The minimum atomic E-state index is -0.0163. The van der Waals surface area contributed by atoms with Gasteiger partial charge in [-0.15, -0.1) is 6.42 Å². The van der Waals surface area contributed by atoms with Gasteiger partial charge in [-0.1, -0.05) is 32.3 Å². The molecule has 0 bridgehead atoms. The molecule has 0 saturated carbocycles. The smallest absolute Gasteiger partial charge is 0.272 e. The van der Waals surface area contributed by atoms with Crippen molar-refractivity contribution < 1.29 is 4.79 Å². The van der Waals surface area contributed by atoms with Crippen LogP contribution in [0.1, 0.15) is 49.3 Å². The van der Waals surface area contributed by atoms with E-state index in [-0.39, 0.29) is 5.91 Å². The Morgan fingerprint density at radius 2 is 2.07 bits per heavy atom. The summed E-state index contributed by atoms with van der Waals surface area (Å²) in [6.45, 7) is 5.72. The van der Waals surface area contributed by atoms with Gasteiger partial charge in [-0.2, -0.15) is 0 Å². The highest BCUT2D eigenvalue weighted by atomic mass is 16.2. The van der Waals surface area contributed by atoms with E-state index < -0.39 is 0 Å². The molecule has 138 valence electrons. The lowest BCUT2D eigenvalue weighted by atomic mass is 10.1. The first-order valence-electron chi connectivity index (χ1n) is 9.38. The summed E-state index contributed by atoms with van der Waals surface area (Å²) >= 11 is 0. The van der Waals surface area contributed by atoms with Crippen LogP contribution in [0.25, 0.3) is 22.3 Å². The maximum absolute atomic E-state index is 12.9. The van der Waals surface area contributed by atoms with Gasteiger partial charge in [-0.05, 0) is 37.1 Å². The number of carbonyl (C=O) groups is 1. The van der Waals surface area contributed by atoms with E-state index in [2.05, 4.69) is 34.7 Å². The fraction of sp³-hybridized carbons (Fsp3) is 0.318. The highest BCUT2D eigenvalue weighted by Crippen LogP contribution is 2.22. The number of unbranched alkanes of at least 4 members (excludes halogenated alkanes) is 1. The fourth-order valence-electron chi connectivity index (χ4n) is 3.04. The summed E-state index contributed by atoms with van der Waals surface area (Å²) in [6.07, 6.45) is 10.2. The number of H-pyrrole nitrogens is 1. The topological polar surface area (TPSA) is 61.9 Å². The van der Waals surface area contributed by atoms with Gasteiger partial charge in [0.2, 0.25) is 0 Å². The van der Waals surface area contributed by atoms with Gasteiger partial charge in [0.15, 0.2) is 0 Å². The van der Waals surface area contributed by atoms with Gasteiger partial charge in [-0.25, -0.2) is 9.97 Å². The zero-order valence-corrected chi connectivity index (χ0v) is 15.8. The van der Waals surface area contributed by atoms with Crippen LogP contribution >= 0.6 is 0 Å². The number of hydrogen-bond acceptors (Lipinski definition) is 3. The predicted octanol–water partition coefficient (Wildman–Crippen LogP) is 4.26. The summed E-state index contributed by atoms with van der Waals surface area (Å²) in [5.74, 6) is 2.56. The second-order valence-electron chi connectivity index (χ2n) is 6.54. The van der Waals surface area contributed by atoms with E-state index in [1.54, 1.807) is 12.3 Å². The molecule has 3 aromatic rings. The summed E-state index contributed by atoms with van der Waals surface area (Å²) < 4.78 is 0. The van der Waals surface area contributed by atoms with Crippen LogP contribution in [-0.2, 0) is 0 Å². The first kappa shape index (κ1) is 18.7. The van der Waals surface area contributed by atoms with Crippen molar-refractivity contribution in [1.82, 2.24) is 19.9 Å². The third-order valence-electron chi connectivity index (χ3n) is 4.45. The number of pyridine rings is 2. The number of fused-ring (bicyclic) bond motifs is 1. The van der Waals surface area contributed by atoms with Crippen molar-refractivity contribution in [3.8, 4) is 23.6 Å². The van der Waals surface area contributed by atoms with Crippen molar-refractivity contribution in [3.05, 3.63) is 47.9 Å². The fourth-order valence-corrected chi connectivity index (χ4v) is 3.04. The molecule has 3 heterocycles. The van der Waals surface area contributed by atoms with Crippen molar-refractivity contribution in [2.75, 3.05) is 13.1 Å². The molecule has 0 atom stereocenters. The normalized spacial score (nSPS) is 10.7. The number of nitrogens with zero attached hydrogens (tertiary/aromatic N) is 3. The zero-order valence-electron chi connectivity index (χ0n) is 15.8. The molecule has 5 heteroatoms. The Morgan fingerprint density at radius 3 is 2.81 bits per heavy atom. The zero-order chi connectivity index (χ0) is 19.2. The van der Waals surface area contributed by atoms with Gasteiger partial charge in [0.05, 0.1) is 11.4 Å². The van der Waals surface area contributed by atoms with Crippen LogP contribution in [0.3, 0.4) is 0 Å². The Bertz CT molecular complexity index is 983. The quantitative estimate of drug-likeness (QED) is 0.641. The molecule has 0 saturated heterocycles. The Kier molecular flexibility index (Phi) is 5.87. The van der Waals surface area contributed by atoms with Crippen molar-refractivity contribution >= 4 is 16.9 Å². The van der Waals surface area contributed by atoms with Gasteiger partial charge in [0, 0.05) is 30.2 Å². The maximum Gasteiger partial charge on any atom is 0.272 e. The van der Waals surface area contributed by atoms with Crippen molar-refractivity contribution in [2.24, 2.45) is 0 Å². The number of aromatic amines is 1. The summed E-state index contributed by atoms with van der Waals surface area (Å²) in [7, 11) is 0. The molecular formula is C22H24N4O. The van der Waals surface area contributed by atoms with E-state index in [4.69, 9.17) is 6.42 Å². The molecule has 1 amide bonds. The molecule has 27 heavy (non-hydrogen) atoms. The Labute approximate surface area is 159 Å². The summed E-state index contributed by atoms with van der Waals surface area (Å²) in [5.41, 5.74) is 3.49. The number of terminal acetylenes is 1. The molecule has 0 unspecified atom stereocenters. The maximum atomic E-state index is 12.9. The van der Waals surface area contributed by atoms with Gasteiger partial charge in [-0.3, -0.25) is 4.79 Å². The molecule has 1 N–H and O–H groups in total. The summed E-state index contributed by atoms with van der Waals surface area (Å²) in [6, 6.07) is 9.41. The van der Waals surface area contributed by atoms with E-state index in [0.29, 0.717) is 11.4 Å². The van der Waals surface area contributed by atoms with Crippen LogP contribution < -0.4 is 0 Å². The third kappa shape index (κ3) is 4.17. The molecule has 0 aliphatic carbocycles. The minimum Gasteiger partial charge on any atom is -0.337 e. The molecule has 0 aliphatic rings. The number of hydrogen-bond donors (Lipinski definition) is 1. The largest absolute Gasteiger partial charge is 0.337 e. The van der Waals surface area contributed by atoms with Crippen molar-refractivity contribution in [3.63, 3.8) is 0 Å². The van der Waals surface area contributed by atoms with Crippen LogP contribution in [0.2, 0.25) is 0 Å². The predicted molar refractivity (Wildman–Crippen MR) is 108 cm³/mol. The SMILES string of the molecule is C#Cc1cc2cc(-c3cccc(C(=O)N(CCC)CCCC)n3)cnc2[nH]1. The standard InChI is InChI=1S/C22H24N4O/c1-4-7-12-26(11-5-2)22(27)20-10-8-9-19(25-20)17-13-16-14-18(6-3)24-21(16)23-15-17/h3,8-10,13-15H,4-5,7,11-12H2,1-2H3,(H,23,24). The number of rotatable bonds is 7. The van der Waals surface area contributed by atoms with E-state index in [1.807, 2.05) is 29.2 Å². The van der Waals surface area contributed by atoms with E-state index in [9.17, 15) is 4.79 Å². The summed E-state index contributed by atoms with van der Waals surface area (Å²) in [5, 5.41) is 0.925. The Hall–Kier alpha value is -3.13. The van der Waals surface area contributed by atoms with Gasteiger partial charge < -0.3 is 9.88 Å². The third-order valence-corrected chi connectivity index (χ3v) is 4.45. The average Bonchev–Trinajstić information content (AvgIpc) is 3.13. The molecule has 0 aromatic carbocycles. The highest BCUT2D eigenvalue weighted by Gasteiger charge is 2.16. The van der Waals surface area contributed by atoms with Crippen molar-refractivity contribution in [2.45, 2.75) is 33.1 Å². The molecule has 0 fully saturated rings. The molecule has 3 rings (SSSR count). The van der Waals surface area contributed by atoms with Crippen LogP contribution in [0.15, 0.2) is 36.5 Å². The Balaban J connectivity index is 1.90. The number of nitrogens with one attached hydrogen (secondary N) is 1. The second kappa shape index (κ2) is 8.50. The van der Waals surface area contributed by atoms with E-state index >= 15 is 0 Å². The lowest BCUT2D eigenvalue weighted by molar-refractivity contribution is 0.0747. The van der Waals surface area contributed by atoms with Crippen LogP contribution in [0.4, 0.5) is 0 Å². The Morgan fingerprint density at radius 1 is 1.22 bits per heavy atom. The van der Waals surface area contributed by atoms with Crippen LogP contribution in [-0.4, -0.2) is 38.8 Å². The first-order valence-corrected chi connectivity index (χ1v) is 9.38. The number of aromatic nitrogens is 3. The first-order chi connectivity index (χ1) is 13.2. The second-order valence-corrected chi connectivity index (χ2v) is 6.54. The van der Waals surface area contributed by atoms with Crippen molar-refractivity contribution in [1.29, 1.82) is 0 Å². The molecule has 3 aromatic heterocycles. The molecule has 0 aliphatic heterocycles. The monoisotopic (exact) mass is 360 g/mol. The van der Waals surface area contributed by atoms with Gasteiger partial charge in [0.1, 0.15) is 11.3 Å². The molecule has 5 nitrogen and oxygen atoms in total. The molecule has 0 radical (unpaired) electrons. The van der Waals surface area contributed by atoms with Crippen LogP contribution in [0.5, 0.6) is 0 Å². The lowest BCUT2D eigenvalue weighted by Gasteiger charge is -2.21. The van der Waals surface area contributed by atoms with E-state index in [0.717, 1.165) is 54.6 Å². The van der Waals surface area contributed by atoms with E-state index in [1.165, 1.54) is 0 Å². The number of carbonyl (C=O) groups excluding carboxylic acids is 1. The van der Waals surface area contributed by atoms with Crippen LogP contribution in [0, 0.1) is 12.3 Å². The average molecular weight is 360 g/mol.